The number of rotatable bonds is 8. The second-order valence-electron chi connectivity index (χ2n) is 4.81. The molecule has 0 unspecified atom stereocenters. The Morgan fingerprint density at radius 1 is 1.30 bits per heavy atom. The first kappa shape index (κ1) is 15.0. The predicted octanol–water partition coefficient (Wildman–Crippen LogP) is 0.806. The molecule has 4 N–H and O–H groups in total. The molecule has 7 nitrogen and oxygen atoms in total. The number of nitrogens with two attached hydrogens (primary N) is 1. The van der Waals surface area contributed by atoms with Crippen LogP contribution in [0.1, 0.15) is 25.6 Å². The van der Waals surface area contributed by atoms with Crippen molar-refractivity contribution in [1.82, 2.24) is 14.9 Å². The molecule has 0 saturated carbocycles. The number of ether oxygens (including phenoxy) is 1. The van der Waals surface area contributed by atoms with Gasteiger partial charge in [0.05, 0.1) is 0 Å². The van der Waals surface area contributed by atoms with Gasteiger partial charge < -0.3 is 20.4 Å². The summed E-state index contributed by atoms with van der Waals surface area (Å²) in [5.41, 5.74) is 2.56. The first-order chi connectivity index (χ1) is 9.81. The molecule has 2 rings (SSSR count). The number of likely N-dealkylation sites (tertiary alicyclic amines) is 1. The second kappa shape index (κ2) is 7.98. The third-order valence-electron chi connectivity index (χ3n) is 3.29. The fraction of sp³-hybridized carbons (Fsp3) is 0.692. The Morgan fingerprint density at radius 3 is 2.75 bits per heavy atom. The number of hydrogen-bond acceptors (Lipinski definition) is 7. The number of anilines is 2. The molecule has 0 amide bonds. The summed E-state index contributed by atoms with van der Waals surface area (Å²) in [6, 6.07) is 1.80. The van der Waals surface area contributed by atoms with Gasteiger partial charge in [0, 0.05) is 25.8 Å². The molecular formula is C13H24N6O. The molecule has 0 bridgehead atoms. The lowest BCUT2D eigenvalue weighted by Gasteiger charge is -2.15. The minimum absolute atomic E-state index is 0.396. The molecule has 1 aliphatic rings. The maximum Gasteiger partial charge on any atom is 0.158 e. The molecule has 0 aromatic carbocycles. The van der Waals surface area contributed by atoms with Crippen molar-refractivity contribution in [3.8, 4) is 0 Å². The molecule has 1 saturated heterocycles. The van der Waals surface area contributed by atoms with Crippen LogP contribution in [0.25, 0.3) is 0 Å². The molecule has 1 aliphatic heterocycles. The topological polar surface area (TPSA) is 88.3 Å². The predicted molar refractivity (Wildman–Crippen MR) is 79.3 cm³/mol. The zero-order chi connectivity index (χ0) is 14.2. The minimum Gasteiger partial charge on any atom is -0.374 e. The number of nitrogens with one attached hydrogen (secondary N) is 2. The van der Waals surface area contributed by atoms with Crippen LogP contribution in [0.5, 0.6) is 0 Å². The van der Waals surface area contributed by atoms with Crippen LogP contribution in [-0.4, -0.2) is 47.7 Å². The SMILES string of the molecule is CCOCc1nc(NN)cc(NCCN2CCCC2)n1. The monoisotopic (exact) mass is 280 g/mol. The van der Waals surface area contributed by atoms with Gasteiger partial charge in [-0.2, -0.15) is 0 Å². The highest BCUT2D eigenvalue weighted by atomic mass is 16.5. The van der Waals surface area contributed by atoms with Crippen LogP contribution >= 0.6 is 0 Å². The number of nitrogen functional groups attached to an aromatic ring is 1. The lowest BCUT2D eigenvalue weighted by Crippen LogP contribution is -2.26. The van der Waals surface area contributed by atoms with E-state index in [1.54, 1.807) is 6.07 Å². The van der Waals surface area contributed by atoms with Crippen molar-refractivity contribution < 1.29 is 4.74 Å². The van der Waals surface area contributed by atoms with E-state index in [1.807, 2.05) is 6.92 Å². The summed E-state index contributed by atoms with van der Waals surface area (Å²) in [4.78, 5) is 11.1. The minimum atomic E-state index is 0.396. The first-order valence-corrected chi connectivity index (χ1v) is 7.20. The highest BCUT2D eigenvalue weighted by Gasteiger charge is 2.10. The molecule has 0 aliphatic carbocycles. The Bertz CT molecular complexity index is 408. The van der Waals surface area contributed by atoms with Gasteiger partial charge in [-0.25, -0.2) is 15.8 Å². The standard InChI is InChI=1S/C13H24N6O/c1-2-20-10-13-16-11(9-12(17-13)18-14)15-5-8-19-6-3-4-7-19/h9H,2-8,10,14H2,1H3,(H2,15,16,17,18). The maximum absolute atomic E-state index is 5.43. The maximum atomic E-state index is 5.43. The Kier molecular flexibility index (Phi) is 5.97. The number of nitrogens with zero attached hydrogens (tertiary/aromatic N) is 3. The third kappa shape index (κ3) is 4.59. The average molecular weight is 280 g/mol. The zero-order valence-corrected chi connectivity index (χ0v) is 12.1. The van der Waals surface area contributed by atoms with E-state index in [2.05, 4.69) is 25.6 Å². The summed E-state index contributed by atoms with van der Waals surface area (Å²) >= 11 is 0. The van der Waals surface area contributed by atoms with E-state index in [9.17, 15) is 0 Å². The molecule has 1 fully saturated rings. The van der Waals surface area contributed by atoms with Gasteiger partial charge in [-0.15, -0.1) is 0 Å². The van der Waals surface area contributed by atoms with E-state index in [0.717, 1.165) is 18.9 Å². The van der Waals surface area contributed by atoms with Gasteiger partial charge in [0.25, 0.3) is 0 Å². The molecule has 112 valence electrons. The lowest BCUT2D eigenvalue weighted by atomic mass is 10.4. The van der Waals surface area contributed by atoms with E-state index < -0.39 is 0 Å². The summed E-state index contributed by atoms with van der Waals surface area (Å²) in [5, 5.41) is 3.32. The van der Waals surface area contributed by atoms with Crippen molar-refractivity contribution in [3.05, 3.63) is 11.9 Å². The largest absolute Gasteiger partial charge is 0.374 e. The number of aromatic nitrogens is 2. The fourth-order valence-corrected chi connectivity index (χ4v) is 2.27. The van der Waals surface area contributed by atoms with Crippen LogP contribution in [-0.2, 0) is 11.3 Å². The molecular weight excluding hydrogens is 256 g/mol. The van der Waals surface area contributed by atoms with Crippen LogP contribution in [0.15, 0.2) is 6.07 Å². The Labute approximate surface area is 119 Å². The van der Waals surface area contributed by atoms with E-state index in [-0.39, 0.29) is 0 Å². The fourth-order valence-electron chi connectivity index (χ4n) is 2.27. The van der Waals surface area contributed by atoms with Gasteiger partial charge >= 0.3 is 0 Å². The van der Waals surface area contributed by atoms with Gasteiger partial charge in [-0.1, -0.05) is 0 Å². The normalized spacial score (nSPS) is 15.5. The molecule has 0 atom stereocenters. The van der Waals surface area contributed by atoms with Crippen LogP contribution in [0, 0.1) is 0 Å². The molecule has 20 heavy (non-hydrogen) atoms. The summed E-state index contributed by atoms with van der Waals surface area (Å²) in [6.45, 7) is 7.30. The van der Waals surface area contributed by atoms with Crippen molar-refractivity contribution in [2.24, 2.45) is 5.84 Å². The summed E-state index contributed by atoms with van der Waals surface area (Å²) in [5.74, 6) is 7.43. The molecule has 0 radical (unpaired) electrons. The van der Waals surface area contributed by atoms with Gasteiger partial charge in [-0.3, -0.25) is 0 Å². The molecule has 0 spiro atoms. The molecule has 7 heteroatoms. The van der Waals surface area contributed by atoms with Crippen molar-refractivity contribution in [2.45, 2.75) is 26.4 Å². The van der Waals surface area contributed by atoms with E-state index in [1.165, 1.54) is 25.9 Å². The molecule has 2 heterocycles. The number of hydrazine groups is 1. The Hall–Kier alpha value is -1.44. The summed E-state index contributed by atoms with van der Waals surface area (Å²) < 4.78 is 5.33. The Morgan fingerprint density at radius 2 is 2.05 bits per heavy atom. The smallest absolute Gasteiger partial charge is 0.158 e. The zero-order valence-electron chi connectivity index (χ0n) is 12.1. The highest BCUT2D eigenvalue weighted by Crippen LogP contribution is 2.11. The van der Waals surface area contributed by atoms with Crippen LogP contribution in [0.3, 0.4) is 0 Å². The molecule has 1 aromatic heterocycles. The highest BCUT2D eigenvalue weighted by molar-refractivity contribution is 5.46. The first-order valence-electron chi connectivity index (χ1n) is 7.20. The summed E-state index contributed by atoms with van der Waals surface area (Å²) in [7, 11) is 0. The van der Waals surface area contributed by atoms with Gasteiger partial charge in [0.15, 0.2) is 5.82 Å². The summed E-state index contributed by atoms with van der Waals surface area (Å²) in [6.07, 6.45) is 2.63. The van der Waals surface area contributed by atoms with Gasteiger partial charge in [0.2, 0.25) is 0 Å². The van der Waals surface area contributed by atoms with E-state index in [0.29, 0.717) is 24.9 Å². The van der Waals surface area contributed by atoms with Crippen LogP contribution in [0.4, 0.5) is 11.6 Å². The van der Waals surface area contributed by atoms with Crippen molar-refractivity contribution >= 4 is 11.6 Å². The quantitative estimate of drug-likeness (QED) is 0.479. The van der Waals surface area contributed by atoms with Crippen LogP contribution in [0.2, 0.25) is 0 Å². The average Bonchev–Trinajstić information content (AvgIpc) is 2.98. The number of hydrogen-bond donors (Lipinski definition) is 3. The van der Waals surface area contributed by atoms with Gasteiger partial charge in [0.1, 0.15) is 18.2 Å². The van der Waals surface area contributed by atoms with Crippen molar-refractivity contribution in [2.75, 3.05) is 43.5 Å². The van der Waals surface area contributed by atoms with E-state index >= 15 is 0 Å². The van der Waals surface area contributed by atoms with E-state index in [4.69, 9.17) is 10.6 Å². The third-order valence-corrected chi connectivity index (χ3v) is 3.29. The second-order valence-corrected chi connectivity index (χ2v) is 4.81. The lowest BCUT2D eigenvalue weighted by molar-refractivity contribution is 0.128. The van der Waals surface area contributed by atoms with Crippen molar-refractivity contribution in [1.29, 1.82) is 0 Å². The van der Waals surface area contributed by atoms with Crippen molar-refractivity contribution in [3.63, 3.8) is 0 Å². The van der Waals surface area contributed by atoms with Crippen LogP contribution < -0.4 is 16.6 Å². The Balaban J connectivity index is 1.87. The molecule has 1 aromatic rings. The van der Waals surface area contributed by atoms with Gasteiger partial charge in [-0.05, 0) is 32.9 Å².